The summed E-state index contributed by atoms with van der Waals surface area (Å²) >= 11 is 1.69. The maximum atomic E-state index is 9.14. The molecule has 3 nitrogen and oxygen atoms in total. The maximum absolute atomic E-state index is 9.14. The number of benzene rings is 2. The van der Waals surface area contributed by atoms with E-state index in [0.717, 1.165) is 16.1 Å². The van der Waals surface area contributed by atoms with Gasteiger partial charge in [0.2, 0.25) is 0 Å². The Morgan fingerprint density at radius 1 is 1.09 bits per heavy atom. The van der Waals surface area contributed by atoms with Gasteiger partial charge in [0.05, 0.1) is 17.7 Å². The van der Waals surface area contributed by atoms with Crippen molar-refractivity contribution < 1.29 is 0 Å². The second-order valence-corrected chi connectivity index (χ2v) is 6.39. The summed E-state index contributed by atoms with van der Waals surface area (Å²) in [6.07, 6.45) is 0.524. The van der Waals surface area contributed by atoms with Crippen LogP contribution in [0.1, 0.15) is 24.5 Å². The van der Waals surface area contributed by atoms with E-state index in [-0.39, 0.29) is 5.25 Å². The smallest absolute Gasteiger partial charge is 0.0995 e. The van der Waals surface area contributed by atoms with Gasteiger partial charge in [-0.2, -0.15) is 10.5 Å². The zero-order valence-corrected chi connectivity index (χ0v) is 13.2. The number of hydrogen-bond donors (Lipinski definition) is 1. The van der Waals surface area contributed by atoms with Gasteiger partial charge in [0.15, 0.2) is 0 Å². The Labute approximate surface area is 135 Å². The molecule has 0 unspecified atom stereocenters. The minimum absolute atomic E-state index is 0.249. The van der Waals surface area contributed by atoms with Gasteiger partial charge < -0.3 is 5.32 Å². The lowest BCUT2D eigenvalue weighted by molar-refractivity contribution is 0.988. The third-order valence-corrected chi connectivity index (χ3v) is 4.38. The lowest BCUT2D eigenvalue weighted by Crippen LogP contribution is -2.03. The van der Waals surface area contributed by atoms with Crippen LogP contribution in [0.25, 0.3) is 0 Å². The van der Waals surface area contributed by atoms with E-state index in [2.05, 4.69) is 30.4 Å². The predicted molar refractivity (Wildman–Crippen MR) is 90.5 cm³/mol. The summed E-state index contributed by atoms with van der Waals surface area (Å²) in [5.74, 6) is 0. The van der Waals surface area contributed by atoms with E-state index in [1.165, 1.54) is 0 Å². The molecule has 22 heavy (non-hydrogen) atoms. The van der Waals surface area contributed by atoms with Gasteiger partial charge in [-0.1, -0.05) is 37.3 Å². The van der Waals surface area contributed by atoms with Crippen molar-refractivity contribution >= 4 is 17.4 Å². The lowest BCUT2D eigenvalue weighted by Gasteiger charge is -2.14. The topological polar surface area (TPSA) is 59.6 Å². The molecule has 0 saturated carbocycles. The molecule has 4 heteroatoms. The van der Waals surface area contributed by atoms with Crippen molar-refractivity contribution in [3.63, 3.8) is 0 Å². The highest BCUT2D eigenvalue weighted by Gasteiger charge is 2.08. The van der Waals surface area contributed by atoms with Crippen LogP contribution < -0.4 is 5.32 Å². The fourth-order valence-corrected chi connectivity index (χ4v) is 3.09. The fourth-order valence-electron chi connectivity index (χ4n) is 2.08. The first-order valence-electron chi connectivity index (χ1n) is 7.09. The number of rotatable bonds is 6. The minimum Gasteiger partial charge on any atom is -0.380 e. The summed E-state index contributed by atoms with van der Waals surface area (Å²) in [4.78, 5) is 1.12. The van der Waals surface area contributed by atoms with Crippen molar-refractivity contribution in [2.45, 2.75) is 30.0 Å². The van der Waals surface area contributed by atoms with E-state index < -0.39 is 0 Å². The number of nitrogens with zero attached hydrogens (tertiary/aromatic N) is 2. The summed E-state index contributed by atoms with van der Waals surface area (Å²) < 4.78 is 0. The second-order valence-electron chi connectivity index (χ2n) is 4.91. The van der Waals surface area contributed by atoms with Gasteiger partial charge in [0, 0.05) is 28.8 Å². The Morgan fingerprint density at radius 3 is 2.59 bits per heavy atom. The first-order valence-corrected chi connectivity index (χ1v) is 7.97. The Hall–Kier alpha value is -2.43. The van der Waals surface area contributed by atoms with Gasteiger partial charge in [-0.15, -0.1) is 11.8 Å². The highest BCUT2D eigenvalue weighted by molar-refractivity contribution is 8.00. The Kier molecular flexibility index (Phi) is 5.89. The van der Waals surface area contributed by atoms with Crippen LogP contribution in [0.5, 0.6) is 0 Å². The van der Waals surface area contributed by atoms with Crippen LogP contribution >= 0.6 is 11.8 Å². The molecule has 110 valence electrons. The van der Waals surface area contributed by atoms with E-state index in [1.54, 1.807) is 11.8 Å². The quantitative estimate of drug-likeness (QED) is 0.794. The molecule has 0 aromatic heterocycles. The summed E-state index contributed by atoms with van der Waals surface area (Å²) in [5.41, 5.74) is 2.71. The predicted octanol–water partition coefficient (Wildman–Crippen LogP) is 4.56. The molecule has 0 fully saturated rings. The molecule has 1 atom stereocenters. The number of thioether (sulfide) groups is 1. The van der Waals surface area contributed by atoms with Crippen molar-refractivity contribution in [2.24, 2.45) is 0 Å². The molecular formula is C18H17N3S. The highest BCUT2D eigenvalue weighted by Crippen LogP contribution is 2.31. The maximum Gasteiger partial charge on any atom is 0.0995 e. The van der Waals surface area contributed by atoms with Gasteiger partial charge >= 0.3 is 0 Å². The van der Waals surface area contributed by atoms with Crippen molar-refractivity contribution in [3.05, 3.63) is 59.7 Å². The average Bonchev–Trinajstić information content (AvgIpc) is 2.54. The number of hydrogen-bond acceptors (Lipinski definition) is 4. The number of nitriles is 2. The molecule has 0 bridgehead atoms. The van der Waals surface area contributed by atoms with Crippen LogP contribution in [0.15, 0.2) is 53.4 Å². The summed E-state index contributed by atoms with van der Waals surface area (Å²) in [6, 6.07) is 20.1. The molecule has 0 heterocycles. The zero-order valence-electron chi connectivity index (χ0n) is 12.4. The van der Waals surface area contributed by atoms with Crippen LogP contribution in [-0.4, -0.2) is 5.25 Å². The van der Waals surface area contributed by atoms with Gasteiger partial charge in [-0.05, 0) is 23.8 Å². The Morgan fingerprint density at radius 2 is 1.82 bits per heavy atom. The van der Waals surface area contributed by atoms with E-state index in [4.69, 9.17) is 10.5 Å². The second kappa shape index (κ2) is 8.12. The normalized spacial score (nSPS) is 11.2. The summed E-state index contributed by atoms with van der Waals surface area (Å²) in [7, 11) is 0. The molecular weight excluding hydrogens is 290 g/mol. The van der Waals surface area contributed by atoms with E-state index >= 15 is 0 Å². The molecule has 2 aromatic carbocycles. The highest BCUT2D eigenvalue weighted by atomic mass is 32.2. The molecule has 0 aliphatic heterocycles. The standard InChI is InChI=1S/C18H17N3S/c1-14(10-11-19)22-18-9-5-4-8-17(18)21-13-16-7-3-2-6-15(16)12-20/h2-9,14,21H,10,13H2,1H3/t14-/m0/s1. The molecule has 1 N–H and O–H groups in total. The average molecular weight is 307 g/mol. The summed E-state index contributed by atoms with van der Waals surface area (Å²) in [5, 5.41) is 21.6. The van der Waals surface area contributed by atoms with Gasteiger partial charge in [-0.25, -0.2) is 0 Å². The molecule has 0 saturated heterocycles. The van der Waals surface area contributed by atoms with E-state index in [9.17, 15) is 0 Å². The monoisotopic (exact) mass is 307 g/mol. The molecule has 0 aliphatic rings. The van der Waals surface area contributed by atoms with Crippen molar-refractivity contribution in [2.75, 3.05) is 5.32 Å². The van der Waals surface area contributed by atoms with Crippen LogP contribution in [-0.2, 0) is 6.54 Å². The Bertz CT molecular complexity index is 713. The fraction of sp³-hybridized carbons (Fsp3) is 0.222. The van der Waals surface area contributed by atoms with Crippen molar-refractivity contribution in [1.29, 1.82) is 10.5 Å². The van der Waals surface area contributed by atoms with Gasteiger partial charge in [0.25, 0.3) is 0 Å². The van der Waals surface area contributed by atoms with Crippen LogP contribution in [0, 0.1) is 22.7 Å². The Balaban J connectivity index is 2.10. The molecule has 0 amide bonds. The van der Waals surface area contributed by atoms with Crippen LogP contribution in [0.3, 0.4) is 0 Å². The third-order valence-electron chi connectivity index (χ3n) is 3.20. The van der Waals surface area contributed by atoms with Crippen molar-refractivity contribution in [1.82, 2.24) is 0 Å². The lowest BCUT2D eigenvalue weighted by atomic mass is 10.1. The first-order chi connectivity index (χ1) is 10.7. The van der Waals surface area contributed by atoms with Gasteiger partial charge in [0.1, 0.15) is 0 Å². The number of para-hydroxylation sites is 1. The van der Waals surface area contributed by atoms with Gasteiger partial charge in [-0.3, -0.25) is 0 Å². The molecule has 0 spiro atoms. The third kappa shape index (κ3) is 4.28. The molecule has 0 radical (unpaired) electrons. The zero-order chi connectivity index (χ0) is 15.8. The van der Waals surface area contributed by atoms with Crippen molar-refractivity contribution in [3.8, 4) is 12.1 Å². The minimum atomic E-state index is 0.249. The van der Waals surface area contributed by atoms with E-state index in [1.807, 2.05) is 42.5 Å². The summed E-state index contributed by atoms with van der Waals surface area (Å²) in [6.45, 7) is 2.66. The molecule has 0 aliphatic carbocycles. The SMILES string of the molecule is C[C@@H](CC#N)Sc1ccccc1NCc1ccccc1C#N. The van der Waals surface area contributed by atoms with Crippen LogP contribution in [0.4, 0.5) is 5.69 Å². The number of nitrogens with one attached hydrogen (secondary N) is 1. The van der Waals surface area contributed by atoms with Crippen LogP contribution in [0.2, 0.25) is 0 Å². The number of anilines is 1. The van der Waals surface area contributed by atoms with E-state index in [0.29, 0.717) is 18.5 Å². The first kappa shape index (κ1) is 15.9. The molecule has 2 aromatic rings. The molecule has 2 rings (SSSR count). The largest absolute Gasteiger partial charge is 0.380 e.